The molecular weight excluding hydrogens is 396 g/mol. The van der Waals surface area contributed by atoms with Gasteiger partial charge in [-0.1, -0.05) is 60.7 Å². The highest BCUT2D eigenvalue weighted by Gasteiger charge is 2.09. The number of hydrogen-bond acceptors (Lipinski definition) is 2. The van der Waals surface area contributed by atoms with Crippen molar-refractivity contribution in [3.05, 3.63) is 120 Å². The third kappa shape index (κ3) is 4.07. The highest BCUT2D eigenvalue weighted by atomic mass is 16.2. The molecule has 0 aliphatic carbocycles. The smallest absolute Gasteiger partial charge is 0.255 e. The van der Waals surface area contributed by atoms with Crippen molar-refractivity contribution >= 4 is 44.7 Å². The molecule has 5 rings (SSSR count). The van der Waals surface area contributed by atoms with Gasteiger partial charge in [-0.25, -0.2) is 0 Å². The summed E-state index contributed by atoms with van der Waals surface area (Å²) in [5.41, 5.74) is 2.51. The van der Waals surface area contributed by atoms with Crippen LogP contribution in [0.15, 0.2) is 109 Å². The second-order valence-electron chi connectivity index (χ2n) is 7.61. The van der Waals surface area contributed by atoms with Crippen LogP contribution < -0.4 is 10.6 Å². The Bertz CT molecular complexity index is 1340. The first-order valence-corrected chi connectivity index (χ1v) is 10.4. The molecule has 0 spiro atoms. The lowest BCUT2D eigenvalue weighted by Crippen LogP contribution is -2.13. The number of anilines is 2. The summed E-state index contributed by atoms with van der Waals surface area (Å²) in [6.07, 6.45) is 0. The number of benzene rings is 5. The number of amides is 2. The van der Waals surface area contributed by atoms with Gasteiger partial charge in [-0.3, -0.25) is 9.59 Å². The minimum Gasteiger partial charge on any atom is -0.322 e. The van der Waals surface area contributed by atoms with E-state index in [0.29, 0.717) is 22.5 Å². The molecule has 0 radical (unpaired) electrons. The molecule has 32 heavy (non-hydrogen) atoms. The third-order valence-electron chi connectivity index (χ3n) is 5.42. The maximum Gasteiger partial charge on any atom is 0.255 e. The van der Waals surface area contributed by atoms with Gasteiger partial charge in [0.2, 0.25) is 0 Å². The standard InChI is InChI=1S/C28H20N2O2/c31-27(23-11-9-19-5-1-3-7-21(19)17-23)29-25-13-15-26(16-14-25)30-28(32)24-12-10-20-6-2-4-8-22(20)18-24/h1-18H,(H,29,31)(H,30,32). The molecule has 0 unspecified atom stereocenters. The molecule has 2 N–H and O–H groups in total. The Balaban J connectivity index is 1.26. The summed E-state index contributed by atoms with van der Waals surface area (Å²) in [4.78, 5) is 25.3. The Morgan fingerprint density at radius 1 is 0.438 bits per heavy atom. The van der Waals surface area contributed by atoms with Crippen molar-refractivity contribution in [2.24, 2.45) is 0 Å². The van der Waals surface area contributed by atoms with Gasteiger partial charge in [0.15, 0.2) is 0 Å². The van der Waals surface area contributed by atoms with Crippen LogP contribution in [0.5, 0.6) is 0 Å². The van der Waals surface area contributed by atoms with Crippen molar-refractivity contribution in [3.63, 3.8) is 0 Å². The molecule has 0 saturated heterocycles. The molecule has 0 aliphatic heterocycles. The van der Waals surface area contributed by atoms with E-state index in [-0.39, 0.29) is 11.8 Å². The maximum atomic E-state index is 12.6. The van der Waals surface area contributed by atoms with Crippen molar-refractivity contribution in [1.82, 2.24) is 0 Å². The normalized spacial score (nSPS) is 10.8. The molecule has 4 heteroatoms. The average Bonchev–Trinajstić information content (AvgIpc) is 2.84. The molecular formula is C28H20N2O2. The second-order valence-corrected chi connectivity index (χ2v) is 7.61. The lowest BCUT2D eigenvalue weighted by atomic mass is 10.1. The molecule has 0 aromatic heterocycles. The van der Waals surface area contributed by atoms with Gasteiger partial charge >= 0.3 is 0 Å². The molecule has 0 heterocycles. The Kier molecular flexibility index (Phi) is 5.10. The molecule has 0 bridgehead atoms. The van der Waals surface area contributed by atoms with E-state index in [0.717, 1.165) is 21.5 Å². The number of rotatable bonds is 4. The van der Waals surface area contributed by atoms with Crippen molar-refractivity contribution in [1.29, 1.82) is 0 Å². The fourth-order valence-corrected chi connectivity index (χ4v) is 3.70. The van der Waals surface area contributed by atoms with E-state index in [1.54, 1.807) is 24.3 Å². The first kappa shape index (κ1) is 19.5. The monoisotopic (exact) mass is 416 g/mol. The minimum atomic E-state index is -0.177. The molecule has 5 aromatic rings. The van der Waals surface area contributed by atoms with Crippen LogP contribution in [-0.4, -0.2) is 11.8 Å². The predicted molar refractivity (Wildman–Crippen MR) is 130 cm³/mol. The van der Waals surface area contributed by atoms with Gasteiger partial charge in [-0.2, -0.15) is 0 Å². The van der Waals surface area contributed by atoms with Crippen LogP contribution in [0.2, 0.25) is 0 Å². The molecule has 154 valence electrons. The van der Waals surface area contributed by atoms with Gasteiger partial charge < -0.3 is 10.6 Å². The first-order valence-electron chi connectivity index (χ1n) is 10.4. The third-order valence-corrected chi connectivity index (χ3v) is 5.42. The van der Waals surface area contributed by atoms with Gasteiger partial charge in [-0.05, 0) is 70.1 Å². The molecule has 0 atom stereocenters. The number of nitrogens with one attached hydrogen (secondary N) is 2. The molecule has 0 aliphatic rings. The number of carbonyl (C=O) groups is 2. The van der Waals surface area contributed by atoms with E-state index in [4.69, 9.17) is 0 Å². The first-order chi connectivity index (χ1) is 15.7. The summed E-state index contributed by atoms with van der Waals surface area (Å²) in [5, 5.41) is 10.0. The molecule has 2 amide bonds. The van der Waals surface area contributed by atoms with E-state index in [1.807, 2.05) is 84.9 Å². The zero-order chi connectivity index (χ0) is 21.9. The SMILES string of the molecule is O=C(Nc1ccc(NC(=O)c2ccc3ccccc3c2)cc1)c1ccc2ccccc2c1. The van der Waals surface area contributed by atoms with Gasteiger partial charge in [0.1, 0.15) is 0 Å². The topological polar surface area (TPSA) is 58.2 Å². The second kappa shape index (κ2) is 8.36. The number of carbonyl (C=O) groups excluding carboxylic acids is 2. The minimum absolute atomic E-state index is 0.177. The Hall–Kier alpha value is -4.44. The van der Waals surface area contributed by atoms with Crippen molar-refractivity contribution in [3.8, 4) is 0 Å². The van der Waals surface area contributed by atoms with Gasteiger partial charge in [-0.15, -0.1) is 0 Å². The van der Waals surface area contributed by atoms with Crippen molar-refractivity contribution < 1.29 is 9.59 Å². The van der Waals surface area contributed by atoms with Gasteiger partial charge in [0.25, 0.3) is 11.8 Å². The van der Waals surface area contributed by atoms with Crippen LogP contribution >= 0.6 is 0 Å². The van der Waals surface area contributed by atoms with Crippen LogP contribution in [0.4, 0.5) is 11.4 Å². The lowest BCUT2D eigenvalue weighted by molar-refractivity contribution is 0.101. The lowest BCUT2D eigenvalue weighted by Gasteiger charge is -2.09. The zero-order valence-electron chi connectivity index (χ0n) is 17.2. The Labute approximate surface area is 185 Å². The van der Waals surface area contributed by atoms with Gasteiger partial charge in [0, 0.05) is 22.5 Å². The van der Waals surface area contributed by atoms with E-state index in [9.17, 15) is 9.59 Å². The number of fused-ring (bicyclic) bond motifs is 2. The summed E-state index contributed by atoms with van der Waals surface area (Å²) in [6, 6.07) is 34.2. The van der Waals surface area contributed by atoms with Crippen molar-refractivity contribution in [2.45, 2.75) is 0 Å². The Morgan fingerprint density at radius 2 is 0.812 bits per heavy atom. The molecule has 5 aromatic carbocycles. The van der Waals surface area contributed by atoms with Crippen LogP contribution in [0, 0.1) is 0 Å². The van der Waals surface area contributed by atoms with Crippen LogP contribution in [-0.2, 0) is 0 Å². The van der Waals surface area contributed by atoms with E-state index in [2.05, 4.69) is 10.6 Å². The van der Waals surface area contributed by atoms with Crippen LogP contribution in [0.25, 0.3) is 21.5 Å². The highest BCUT2D eigenvalue weighted by Crippen LogP contribution is 2.20. The average molecular weight is 416 g/mol. The maximum absolute atomic E-state index is 12.6. The molecule has 0 fully saturated rings. The largest absolute Gasteiger partial charge is 0.322 e. The summed E-state index contributed by atoms with van der Waals surface area (Å²) in [6.45, 7) is 0. The Morgan fingerprint density at radius 3 is 1.22 bits per heavy atom. The van der Waals surface area contributed by atoms with Crippen molar-refractivity contribution in [2.75, 3.05) is 10.6 Å². The molecule has 4 nitrogen and oxygen atoms in total. The quantitative estimate of drug-likeness (QED) is 0.351. The zero-order valence-corrected chi connectivity index (χ0v) is 17.2. The predicted octanol–water partition coefficient (Wildman–Crippen LogP) is 6.50. The van der Waals surface area contributed by atoms with E-state index in [1.165, 1.54) is 0 Å². The number of hydrogen-bond donors (Lipinski definition) is 2. The highest BCUT2D eigenvalue weighted by molar-refractivity contribution is 6.08. The van der Waals surface area contributed by atoms with Crippen LogP contribution in [0.1, 0.15) is 20.7 Å². The van der Waals surface area contributed by atoms with Gasteiger partial charge in [0.05, 0.1) is 0 Å². The van der Waals surface area contributed by atoms with E-state index >= 15 is 0 Å². The van der Waals surface area contributed by atoms with Crippen LogP contribution in [0.3, 0.4) is 0 Å². The van der Waals surface area contributed by atoms with E-state index < -0.39 is 0 Å². The summed E-state index contributed by atoms with van der Waals surface area (Å²) < 4.78 is 0. The summed E-state index contributed by atoms with van der Waals surface area (Å²) in [7, 11) is 0. The summed E-state index contributed by atoms with van der Waals surface area (Å²) >= 11 is 0. The fourth-order valence-electron chi connectivity index (χ4n) is 3.70. The summed E-state index contributed by atoms with van der Waals surface area (Å²) in [5.74, 6) is -0.354. The molecule has 0 saturated carbocycles. The fraction of sp³-hybridized carbons (Fsp3) is 0.